The van der Waals surface area contributed by atoms with Crippen LogP contribution in [0.4, 0.5) is 5.95 Å². The third-order valence-corrected chi connectivity index (χ3v) is 2.09. The van der Waals surface area contributed by atoms with Gasteiger partial charge in [0.25, 0.3) is 0 Å². The van der Waals surface area contributed by atoms with E-state index in [1.807, 2.05) is 25.9 Å². The fraction of sp³-hybridized carbons (Fsp3) is 0.429. The third-order valence-electron chi connectivity index (χ3n) is 1.31. The normalized spacial score (nSPS) is 9.82. The van der Waals surface area contributed by atoms with Crippen molar-refractivity contribution in [2.24, 2.45) is 0 Å². The van der Waals surface area contributed by atoms with Crippen molar-refractivity contribution in [1.29, 1.82) is 0 Å². The van der Waals surface area contributed by atoms with E-state index in [-0.39, 0.29) is 0 Å². The van der Waals surface area contributed by atoms with E-state index in [2.05, 4.69) is 25.9 Å². The van der Waals surface area contributed by atoms with Crippen LogP contribution in [0.25, 0.3) is 0 Å². The summed E-state index contributed by atoms with van der Waals surface area (Å²) in [4.78, 5) is 10.2. The maximum absolute atomic E-state index is 4.24. The van der Waals surface area contributed by atoms with Crippen molar-refractivity contribution in [2.45, 2.75) is 6.92 Å². The van der Waals surface area contributed by atoms with Gasteiger partial charge in [0.15, 0.2) is 0 Å². The van der Waals surface area contributed by atoms with Gasteiger partial charge in [-0.2, -0.15) is 0 Å². The molecule has 1 rings (SSSR count). The van der Waals surface area contributed by atoms with E-state index in [1.165, 1.54) is 0 Å². The van der Waals surface area contributed by atoms with Gasteiger partial charge < -0.3 is 4.90 Å². The van der Waals surface area contributed by atoms with Crippen LogP contribution in [-0.2, 0) is 0 Å². The Hall–Kier alpha value is -0.640. The molecule has 11 heavy (non-hydrogen) atoms. The van der Waals surface area contributed by atoms with Gasteiger partial charge in [0, 0.05) is 20.3 Å². The quantitative estimate of drug-likeness (QED) is 0.714. The van der Waals surface area contributed by atoms with E-state index in [0.717, 1.165) is 16.1 Å². The van der Waals surface area contributed by atoms with Gasteiger partial charge in [-0.15, -0.1) is 0 Å². The average Bonchev–Trinajstić information content (AvgIpc) is 1.94. The second kappa shape index (κ2) is 3.17. The van der Waals surface area contributed by atoms with Crippen LogP contribution in [0, 0.1) is 6.92 Å². The molecule has 0 N–H and O–H groups in total. The molecule has 0 radical (unpaired) electrons. The van der Waals surface area contributed by atoms with Gasteiger partial charge in [-0.1, -0.05) is 0 Å². The van der Waals surface area contributed by atoms with Crippen LogP contribution in [0.3, 0.4) is 0 Å². The predicted octanol–water partition coefficient (Wildman–Crippen LogP) is 1.61. The maximum Gasteiger partial charge on any atom is 0.225 e. The van der Waals surface area contributed by atoms with Crippen LogP contribution in [0.2, 0.25) is 0 Å². The minimum atomic E-state index is 0.741. The van der Waals surface area contributed by atoms with Crippen molar-refractivity contribution in [1.82, 2.24) is 9.97 Å². The summed E-state index contributed by atoms with van der Waals surface area (Å²) in [5.74, 6) is 0.741. The molecule has 0 saturated heterocycles. The van der Waals surface area contributed by atoms with Crippen LogP contribution in [-0.4, -0.2) is 24.1 Å². The van der Waals surface area contributed by atoms with Gasteiger partial charge in [0.2, 0.25) is 5.95 Å². The monoisotopic (exact) mass is 215 g/mol. The molecule has 0 aliphatic heterocycles. The highest BCUT2D eigenvalue weighted by molar-refractivity contribution is 9.10. The lowest BCUT2D eigenvalue weighted by molar-refractivity contribution is 0.970. The van der Waals surface area contributed by atoms with E-state index >= 15 is 0 Å². The molecule has 4 heteroatoms. The van der Waals surface area contributed by atoms with Gasteiger partial charge >= 0.3 is 0 Å². The van der Waals surface area contributed by atoms with Crippen molar-refractivity contribution in [3.8, 4) is 0 Å². The van der Waals surface area contributed by atoms with Gasteiger partial charge in [-0.3, -0.25) is 0 Å². The Balaban J connectivity index is 3.05. The van der Waals surface area contributed by atoms with E-state index in [0.29, 0.717) is 0 Å². The standard InChI is InChI=1S/C7H10BrN3/c1-5-6(8)4-9-7(10-5)11(2)3/h4H,1-3H3. The number of hydrogen-bond acceptors (Lipinski definition) is 3. The molecule has 0 bridgehead atoms. The Kier molecular flexibility index (Phi) is 2.44. The van der Waals surface area contributed by atoms with E-state index in [9.17, 15) is 0 Å². The molecule has 0 spiro atoms. The first-order valence-corrected chi connectivity index (χ1v) is 4.07. The van der Waals surface area contributed by atoms with Gasteiger partial charge in [0.05, 0.1) is 10.2 Å². The minimum Gasteiger partial charge on any atom is -0.347 e. The largest absolute Gasteiger partial charge is 0.347 e. The molecule has 1 aromatic rings. The second-order valence-corrected chi connectivity index (χ2v) is 3.35. The van der Waals surface area contributed by atoms with Crippen molar-refractivity contribution in [3.05, 3.63) is 16.4 Å². The first-order valence-electron chi connectivity index (χ1n) is 3.27. The zero-order valence-electron chi connectivity index (χ0n) is 6.80. The first kappa shape index (κ1) is 8.46. The zero-order chi connectivity index (χ0) is 8.43. The molecular weight excluding hydrogens is 206 g/mol. The number of halogens is 1. The zero-order valence-corrected chi connectivity index (χ0v) is 8.38. The predicted molar refractivity (Wildman–Crippen MR) is 48.8 cm³/mol. The van der Waals surface area contributed by atoms with Crippen molar-refractivity contribution >= 4 is 21.9 Å². The summed E-state index contributed by atoms with van der Waals surface area (Å²) in [7, 11) is 3.84. The fourth-order valence-electron chi connectivity index (χ4n) is 0.656. The lowest BCUT2D eigenvalue weighted by atomic mass is 10.5. The number of rotatable bonds is 1. The molecule has 0 aliphatic rings. The number of anilines is 1. The molecular formula is C7H10BrN3. The minimum absolute atomic E-state index is 0.741. The molecule has 60 valence electrons. The highest BCUT2D eigenvalue weighted by Gasteiger charge is 2.00. The smallest absolute Gasteiger partial charge is 0.225 e. The highest BCUT2D eigenvalue weighted by atomic mass is 79.9. The van der Waals surface area contributed by atoms with Crippen LogP contribution in [0.1, 0.15) is 5.69 Å². The summed E-state index contributed by atoms with van der Waals surface area (Å²) in [5.41, 5.74) is 0.962. The van der Waals surface area contributed by atoms with Gasteiger partial charge in [-0.25, -0.2) is 9.97 Å². The van der Waals surface area contributed by atoms with Gasteiger partial charge in [0.1, 0.15) is 0 Å². The molecule has 0 saturated carbocycles. The summed E-state index contributed by atoms with van der Waals surface area (Å²) in [6.07, 6.45) is 1.76. The molecule has 0 fully saturated rings. The van der Waals surface area contributed by atoms with E-state index < -0.39 is 0 Å². The lowest BCUT2D eigenvalue weighted by Crippen LogP contribution is -2.12. The molecule has 0 atom stereocenters. The van der Waals surface area contributed by atoms with Crippen molar-refractivity contribution in [2.75, 3.05) is 19.0 Å². The van der Waals surface area contributed by atoms with Crippen LogP contribution in [0.15, 0.2) is 10.7 Å². The summed E-state index contributed by atoms with van der Waals surface area (Å²) in [5, 5.41) is 0. The first-order chi connectivity index (χ1) is 5.11. The molecule has 0 unspecified atom stereocenters. The average molecular weight is 216 g/mol. The van der Waals surface area contributed by atoms with Crippen molar-refractivity contribution < 1.29 is 0 Å². The highest BCUT2D eigenvalue weighted by Crippen LogP contribution is 2.14. The lowest BCUT2D eigenvalue weighted by Gasteiger charge is -2.09. The van der Waals surface area contributed by atoms with Crippen molar-refractivity contribution in [3.63, 3.8) is 0 Å². The number of nitrogens with zero attached hydrogens (tertiary/aromatic N) is 3. The Morgan fingerprint density at radius 3 is 2.55 bits per heavy atom. The number of aryl methyl sites for hydroxylation is 1. The molecule has 1 heterocycles. The van der Waals surface area contributed by atoms with Gasteiger partial charge in [-0.05, 0) is 22.9 Å². The molecule has 0 amide bonds. The Labute approximate surface area is 74.6 Å². The van der Waals surface area contributed by atoms with Crippen LogP contribution >= 0.6 is 15.9 Å². The molecule has 1 aromatic heterocycles. The molecule has 0 aliphatic carbocycles. The maximum atomic E-state index is 4.24. The van der Waals surface area contributed by atoms with Crippen LogP contribution < -0.4 is 4.90 Å². The summed E-state index contributed by atoms with van der Waals surface area (Å²) in [6.45, 7) is 1.94. The topological polar surface area (TPSA) is 29.0 Å². The van der Waals surface area contributed by atoms with E-state index in [4.69, 9.17) is 0 Å². The third kappa shape index (κ3) is 1.89. The Bertz CT molecular complexity index is 260. The number of aromatic nitrogens is 2. The SMILES string of the molecule is Cc1nc(N(C)C)ncc1Br. The fourth-order valence-corrected chi connectivity index (χ4v) is 0.847. The number of hydrogen-bond donors (Lipinski definition) is 0. The Morgan fingerprint density at radius 2 is 2.09 bits per heavy atom. The summed E-state index contributed by atoms with van der Waals surface area (Å²) in [6, 6.07) is 0. The molecule has 3 nitrogen and oxygen atoms in total. The van der Waals surface area contributed by atoms with E-state index in [1.54, 1.807) is 6.20 Å². The molecule has 0 aromatic carbocycles. The summed E-state index contributed by atoms with van der Waals surface area (Å²) < 4.78 is 0.947. The summed E-state index contributed by atoms with van der Waals surface area (Å²) >= 11 is 3.33. The Morgan fingerprint density at radius 1 is 1.45 bits per heavy atom. The van der Waals surface area contributed by atoms with Crippen LogP contribution in [0.5, 0.6) is 0 Å². The second-order valence-electron chi connectivity index (χ2n) is 2.50.